The zero-order valence-electron chi connectivity index (χ0n) is 11.9. The number of nitrogens with one attached hydrogen (secondary N) is 1. The van der Waals surface area contributed by atoms with Crippen LogP contribution < -0.4 is 5.32 Å². The molecule has 5 heteroatoms. The third-order valence-corrected chi connectivity index (χ3v) is 3.49. The maximum atomic E-state index is 4.65. The second kappa shape index (κ2) is 8.08. The molecule has 0 aliphatic heterocycles. The number of rotatable bonds is 6. The van der Waals surface area contributed by atoms with Crippen molar-refractivity contribution in [3.8, 4) is 0 Å². The Kier molecular flexibility index (Phi) is 6.72. The number of hydrogen-bond donors (Lipinski definition) is 1. The van der Waals surface area contributed by atoms with E-state index in [1.165, 1.54) is 17.7 Å². The summed E-state index contributed by atoms with van der Waals surface area (Å²) in [7, 11) is 2.09. The Morgan fingerprint density at radius 3 is 2.83 bits per heavy atom. The number of aromatic nitrogens is 1. The van der Waals surface area contributed by atoms with E-state index in [0.29, 0.717) is 6.54 Å². The normalized spacial score (nSPS) is 11.7. The minimum absolute atomic E-state index is 0.713. The topological polar surface area (TPSA) is 40.5 Å². The molecule has 18 heavy (non-hydrogen) atoms. The van der Waals surface area contributed by atoms with Gasteiger partial charge in [0.05, 0.1) is 11.6 Å². The predicted octanol–water partition coefficient (Wildman–Crippen LogP) is 2.65. The van der Waals surface area contributed by atoms with Gasteiger partial charge < -0.3 is 10.2 Å². The molecular weight excluding hydrogens is 244 g/mol. The summed E-state index contributed by atoms with van der Waals surface area (Å²) in [6, 6.07) is 0. The van der Waals surface area contributed by atoms with Crippen LogP contribution in [0.5, 0.6) is 0 Å². The van der Waals surface area contributed by atoms with E-state index >= 15 is 0 Å². The summed E-state index contributed by atoms with van der Waals surface area (Å²) >= 11 is 1.71. The summed E-state index contributed by atoms with van der Waals surface area (Å²) < 4.78 is 0. The highest BCUT2D eigenvalue weighted by atomic mass is 32.1. The van der Waals surface area contributed by atoms with Crippen molar-refractivity contribution in [1.29, 1.82) is 0 Å². The largest absolute Gasteiger partial charge is 0.357 e. The molecule has 0 amide bonds. The fourth-order valence-electron chi connectivity index (χ4n) is 1.60. The van der Waals surface area contributed by atoms with Crippen molar-refractivity contribution in [1.82, 2.24) is 15.2 Å². The molecule has 0 aliphatic rings. The minimum atomic E-state index is 0.713. The van der Waals surface area contributed by atoms with Crippen LogP contribution in [0.15, 0.2) is 11.2 Å². The summed E-state index contributed by atoms with van der Waals surface area (Å²) in [5, 5.41) is 4.43. The zero-order chi connectivity index (χ0) is 13.4. The predicted molar refractivity (Wildman–Crippen MR) is 79.2 cm³/mol. The first-order chi connectivity index (χ1) is 8.67. The molecule has 1 aromatic heterocycles. The highest BCUT2D eigenvalue weighted by molar-refractivity contribution is 7.11. The lowest BCUT2D eigenvalue weighted by Gasteiger charge is -2.21. The molecule has 0 bridgehead atoms. The molecule has 1 heterocycles. The third-order valence-electron chi connectivity index (χ3n) is 2.60. The number of nitrogens with zero attached hydrogens (tertiary/aromatic N) is 3. The van der Waals surface area contributed by atoms with Gasteiger partial charge in [0.2, 0.25) is 0 Å². The van der Waals surface area contributed by atoms with Crippen molar-refractivity contribution < 1.29 is 0 Å². The van der Waals surface area contributed by atoms with Crippen LogP contribution in [0.4, 0.5) is 0 Å². The second-order valence-electron chi connectivity index (χ2n) is 4.29. The molecule has 1 rings (SSSR count). The van der Waals surface area contributed by atoms with Crippen LogP contribution in [0.25, 0.3) is 0 Å². The lowest BCUT2D eigenvalue weighted by molar-refractivity contribution is 0.465. The first-order valence-corrected chi connectivity index (χ1v) is 7.39. The van der Waals surface area contributed by atoms with Gasteiger partial charge in [0, 0.05) is 31.2 Å². The van der Waals surface area contributed by atoms with Crippen molar-refractivity contribution >= 4 is 17.3 Å². The molecule has 0 atom stereocenters. The monoisotopic (exact) mass is 268 g/mol. The average molecular weight is 268 g/mol. The summed E-state index contributed by atoms with van der Waals surface area (Å²) in [4.78, 5) is 12.3. The Bertz CT molecular complexity index is 373. The quantitative estimate of drug-likeness (QED) is 0.637. The first kappa shape index (κ1) is 15.0. The van der Waals surface area contributed by atoms with Gasteiger partial charge in [-0.05, 0) is 20.3 Å². The molecule has 0 fully saturated rings. The number of unbranched alkanes of at least 4 members (excludes halogenated alkanes) is 1. The van der Waals surface area contributed by atoms with E-state index in [9.17, 15) is 0 Å². The Morgan fingerprint density at radius 2 is 2.28 bits per heavy atom. The molecule has 0 saturated heterocycles. The fourth-order valence-corrected chi connectivity index (χ4v) is 2.32. The van der Waals surface area contributed by atoms with Gasteiger partial charge in [-0.1, -0.05) is 13.3 Å². The molecule has 0 aliphatic carbocycles. The number of guanidine groups is 1. The van der Waals surface area contributed by atoms with Crippen LogP contribution in [0, 0.1) is 6.92 Å². The van der Waals surface area contributed by atoms with Crippen molar-refractivity contribution in [2.24, 2.45) is 4.99 Å². The molecule has 1 aromatic rings. The molecule has 0 radical (unpaired) electrons. The van der Waals surface area contributed by atoms with Crippen LogP contribution in [-0.2, 0) is 6.54 Å². The SMILES string of the molecule is CCCCN(C)C(=NCc1cnc(C)s1)NCC. The van der Waals surface area contributed by atoms with Crippen LogP contribution in [0.1, 0.15) is 36.6 Å². The molecule has 4 nitrogen and oxygen atoms in total. The Hall–Kier alpha value is -1.10. The maximum absolute atomic E-state index is 4.65. The van der Waals surface area contributed by atoms with Gasteiger partial charge in [-0.25, -0.2) is 9.98 Å². The second-order valence-corrected chi connectivity index (χ2v) is 5.61. The maximum Gasteiger partial charge on any atom is 0.194 e. The van der Waals surface area contributed by atoms with E-state index in [2.05, 4.69) is 41.1 Å². The van der Waals surface area contributed by atoms with E-state index in [0.717, 1.165) is 24.1 Å². The van der Waals surface area contributed by atoms with Crippen molar-refractivity contribution in [2.75, 3.05) is 20.1 Å². The van der Waals surface area contributed by atoms with Crippen LogP contribution in [-0.4, -0.2) is 36.0 Å². The zero-order valence-corrected chi connectivity index (χ0v) is 12.7. The first-order valence-electron chi connectivity index (χ1n) is 6.58. The molecule has 0 unspecified atom stereocenters. The summed E-state index contributed by atoms with van der Waals surface area (Å²) in [5.41, 5.74) is 0. The molecule has 102 valence electrons. The minimum Gasteiger partial charge on any atom is -0.357 e. The van der Waals surface area contributed by atoms with Crippen molar-refractivity contribution in [3.05, 3.63) is 16.1 Å². The number of thiazole rings is 1. The standard InChI is InChI=1S/C13H24N4S/c1-5-7-8-17(4)13(14-6-2)16-10-12-9-15-11(3)18-12/h9H,5-8,10H2,1-4H3,(H,14,16). The van der Waals surface area contributed by atoms with Gasteiger partial charge in [0.15, 0.2) is 5.96 Å². The lowest BCUT2D eigenvalue weighted by Crippen LogP contribution is -2.39. The van der Waals surface area contributed by atoms with E-state index in [1.807, 2.05) is 13.1 Å². The third kappa shape index (κ3) is 5.04. The molecule has 0 spiro atoms. The van der Waals surface area contributed by atoms with Gasteiger partial charge in [0.25, 0.3) is 0 Å². The van der Waals surface area contributed by atoms with E-state index < -0.39 is 0 Å². The highest BCUT2D eigenvalue weighted by Gasteiger charge is 2.05. The van der Waals surface area contributed by atoms with Gasteiger partial charge in [-0.15, -0.1) is 11.3 Å². The van der Waals surface area contributed by atoms with Gasteiger partial charge >= 0.3 is 0 Å². The van der Waals surface area contributed by atoms with E-state index in [1.54, 1.807) is 11.3 Å². The lowest BCUT2D eigenvalue weighted by atomic mass is 10.3. The summed E-state index contributed by atoms with van der Waals surface area (Å²) in [6.45, 7) is 8.99. The Labute approximate surface area is 114 Å². The van der Waals surface area contributed by atoms with Gasteiger partial charge in [-0.3, -0.25) is 0 Å². The molecule has 1 N–H and O–H groups in total. The van der Waals surface area contributed by atoms with Gasteiger partial charge in [0.1, 0.15) is 0 Å². The molecule has 0 aromatic carbocycles. The average Bonchev–Trinajstić information content (AvgIpc) is 2.77. The van der Waals surface area contributed by atoms with Gasteiger partial charge in [-0.2, -0.15) is 0 Å². The van der Waals surface area contributed by atoms with Crippen LogP contribution >= 0.6 is 11.3 Å². The number of aryl methyl sites for hydroxylation is 1. The summed E-state index contributed by atoms with van der Waals surface area (Å²) in [5.74, 6) is 0.983. The smallest absolute Gasteiger partial charge is 0.194 e. The van der Waals surface area contributed by atoms with E-state index in [4.69, 9.17) is 0 Å². The Morgan fingerprint density at radius 1 is 1.50 bits per heavy atom. The fraction of sp³-hybridized carbons (Fsp3) is 0.692. The number of hydrogen-bond acceptors (Lipinski definition) is 3. The van der Waals surface area contributed by atoms with E-state index in [-0.39, 0.29) is 0 Å². The highest BCUT2D eigenvalue weighted by Crippen LogP contribution is 2.12. The molecular formula is C13H24N4S. The number of aliphatic imine (C=N–C) groups is 1. The molecule has 0 saturated carbocycles. The van der Waals surface area contributed by atoms with Crippen molar-refractivity contribution in [2.45, 2.75) is 40.2 Å². The van der Waals surface area contributed by atoms with Crippen molar-refractivity contribution in [3.63, 3.8) is 0 Å². The van der Waals surface area contributed by atoms with Crippen LogP contribution in [0.3, 0.4) is 0 Å². The summed E-state index contributed by atoms with van der Waals surface area (Å²) in [6.07, 6.45) is 4.32. The Balaban J connectivity index is 2.59. The van der Waals surface area contributed by atoms with Crippen LogP contribution in [0.2, 0.25) is 0 Å².